The molecule has 0 spiro atoms. The van der Waals surface area contributed by atoms with Gasteiger partial charge in [-0.1, -0.05) is 0 Å². The van der Waals surface area contributed by atoms with Crippen molar-refractivity contribution in [3.05, 3.63) is 30.0 Å². The Kier molecular flexibility index (Phi) is 6.30. The summed E-state index contributed by atoms with van der Waals surface area (Å²) in [6, 6.07) is 7.96. The molecule has 1 aliphatic heterocycles. The van der Waals surface area contributed by atoms with Crippen LogP contribution in [0.4, 0.5) is 5.69 Å². The lowest BCUT2D eigenvalue weighted by Crippen LogP contribution is -2.34. The fraction of sp³-hybridized carbons (Fsp3) is 0.444. The van der Waals surface area contributed by atoms with E-state index in [-0.39, 0.29) is 6.61 Å². The van der Waals surface area contributed by atoms with E-state index in [2.05, 4.69) is 27.8 Å². The number of ether oxygens (including phenoxy) is 1. The van der Waals surface area contributed by atoms with Gasteiger partial charge in [-0.3, -0.25) is 4.98 Å². The van der Waals surface area contributed by atoms with Crippen LogP contribution in [0.15, 0.2) is 24.4 Å². The molecule has 0 saturated carbocycles. The van der Waals surface area contributed by atoms with Crippen LogP contribution in [0.3, 0.4) is 0 Å². The first-order valence-electron chi connectivity index (χ1n) is 8.73. The summed E-state index contributed by atoms with van der Waals surface area (Å²) in [5.41, 5.74) is 2.28. The summed E-state index contributed by atoms with van der Waals surface area (Å²) in [5.74, 6) is 1.17. The standard InChI is InChI=1S/C18H22N3O4PS/c1-24-15-2-3-16-17(10-15)20-12-14(11-19)18(16)21-7-4-13(5-8-21)6-9-25-26(22,23)27/h2-3,10,12-13H,4-9H2,1H3,(H2,22,23,27). The molecule has 0 aliphatic carbocycles. The maximum atomic E-state index is 9.54. The first-order chi connectivity index (χ1) is 12.9. The number of fused-ring (bicyclic) bond motifs is 1. The van der Waals surface area contributed by atoms with Crippen molar-refractivity contribution in [2.24, 2.45) is 5.92 Å². The van der Waals surface area contributed by atoms with Gasteiger partial charge in [0, 0.05) is 30.7 Å². The topological polar surface area (TPSA) is 98.8 Å². The predicted octanol–water partition coefficient (Wildman–Crippen LogP) is 2.95. The minimum absolute atomic E-state index is 0.260. The van der Waals surface area contributed by atoms with Crippen molar-refractivity contribution in [2.75, 3.05) is 31.7 Å². The molecule has 9 heteroatoms. The van der Waals surface area contributed by atoms with E-state index in [1.54, 1.807) is 13.3 Å². The molecule has 0 atom stereocenters. The van der Waals surface area contributed by atoms with Gasteiger partial charge in [0.25, 0.3) is 0 Å². The van der Waals surface area contributed by atoms with Crippen LogP contribution in [0.1, 0.15) is 24.8 Å². The molecular formula is C18H22N3O4PS. The van der Waals surface area contributed by atoms with Crippen molar-refractivity contribution in [3.8, 4) is 11.8 Å². The maximum absolute atomic E-state index is 9.54. The first-order valence-corrected chi connectivity index (χ1v) is 11.4. The number of anilines is 1. The Labute approximate surface area is 163 Å². The predicted molar refractivity (Wildman–Crippen MR) is 107 cm³/mol. The molecule has 27 heavy (non-hydrogen) atoms. The van der Waals surface area contributed by atoms with Crippen molar-refractivity contribution >= 4 is 35.1 Å². The summed E-state index contributed by atoms with van der Waals surface area (Å²) in [6.45, 7) is -1.68. The molecule has 1 fully saturated rings. The summed E-state index contributed by atoms with van der Waals surface area (Å²) >= 11 is 4.47. The van der Waals surface area contributed by atoms with E-state index in [1.807, 2.05) is 18.2 Å². The number of aromatic nitrogens is 1. The van der Waals surface area contributed by atoms with E-state index in [1.165, 1.54) is 0 Å². The van der Waals surface area contributed by atoms with Crippen molar-refractivity contribution in [1.29, 1.82) is 5.26 Å². The quantitative estimate of drug-likeness (QED) is 0.706. The lowest BCUT2D eigenvalue weighted by atomic mass is 9.93. The van der Waals surface area contributed by atoms with Crippen LogP contribution in [0.5, 0.6) is 5.75 Å². The third-order valence-electron chi connectivity index (χ3n) is 4.88. The lowest BCUT2D eigenvalue weighted by Gasteiger charge is -2.34. The molecule has 3 rings (SSSR count). The van der Waals surface area contributed by atoms with Gasteiger partial charge in [-0.25, -0.2) is 0 Å². The van der Waals surface area contributed by atoms with E-state index in [9.17, 15) is 5.26 Å². The van der Waals surface area contributed by atoms with Gasteiger partial charge in [-0.05, 0) is 49.1 Å². The minimum Gasteiger partial charge on any atom is -0.497 e. The highest BCUT2D eigenvalue weighted by Gasteiger charge is 2.23. The number of benzene rings is 1. The Morgan fingerprint density at radius 1 is 1.37 bits per heavy atom. The zero-order valence-electron chi connectivity index (χ0n) is 15.0. The number of pyridine rings is 1. The molecule has 0 unspecified atom stereocenters. The fourth-order valence-corrected chi connectivity index (χ4v) is 4.06. The normalized spacial score (nSPS) is 15.7. The molecule has 0 bridgehead atoms. The number of hydrogen-bond donors (Lipinski definition) is 2. The highest BCUT2D eigenvalue weighted by Crippen LogP contribution is 2.38. The Morgan fingerprint density at radius 3 is 2.74 bits per heavy atom. The molecule has 1 aromatic heterocycles. The van der Waals surface area contributed by atoms with Crippen LogP contribution in [-0.4, -0.2) is 41.6 Å². The fourth-order valence-electron chi connectivity index (χ4n) is 3.49. The lowest BCUT2D eigenvalue weighted by molar-refractivity contribution is 0.221. The molecule has 2 heterocycles. The Morgan fingerprint density at radius 2 is 2.11 bits per heavy atom. The second kappa shape index (κ2) is 8.51. The summed E-state index contributed by atoms with van der Waals surface area (Å²) in [6.07, 6.45) is 4.24. The average Bonchev–Trinajstić information content (AvgIpc) is 2.66. The molecule has 2 aromatic rings. The van der Waals surface area contributed by atoms with Crippen LogP contribution in [0.2, 0.25) is 0 Å². The average molecular weight is 407 g/mol. The summed E-state index contributed by atoms with van der Waals surface area (Å²) in [7, 11) is 1.62. The van der Waals surface area contributed by atoms with Gasteiger partial charge in [0.1, 0.15) is 11.8 Å². The zero-order valence-corrected chi connectivity index (χ0v) is 16.7. The van der Waals surface area contributed by atoms with Gasteiger partial charge in [-0.15, -0.1) is 0 Å². The number of nitrogens with zero attached hydrogens (tertiary/aromatic N) is 3. The minimum atomic E-state index is -3.57. The molecule has 0 amide bonds. The molecule has 1 saturated heterocycles. The largest absolute Gasteiger partial charge is 0.497 e. The van der Waals surface area contributed by atoms with E-state index >= 15 is 0 Å². The van der Waals surface area contributed by atoms with Crippen molar-refractivity contribution in [1.82, 2.24) is 4.98 Å². The smallest absolute Gasteiger partial charge is 0.321 e. The van der Waals surface area contributed by atoms with Crippen LogP contribution < -0.4 is 9.64 Å². The Balaban J connectivity index is 1.74. The van der Waals surface area contributed by atoms with Gasteiger partial charge in [0.2, 0.25) is 0 Å². The van der Waals surface area contributed by atoms with Crippen LogP contribution in [0.25, 0.3) is 10.9 Å². The maximum Gasteiger partial charge on any atom is 0.321 e. The number of piperidine rings is 1. The number of nitriles is 1. The van der Waals surface area contributed by atoms with Gasteiger partial charge in [0.15, 0.2) is 0 Å². The van der Waals surface area contributed by atoms with Gasteiger partial charge in [-0.2, -0.15) is 5.26 Å². The summed E-state index contributed by atoms with van der Waals surface area (Å²) in [5, 5.41) is 10.5. The van der Waals surface area contributed by atoms with Crippen molar-refractivity contribution < 1.29 is 19.0 Å². The monoisotopic (exact) mass is 407 g/mol. The van der Waals surface area contributed by atoms with E-state index in [0.717, 1.165) is 54.7 Å². The second-order valence-electron chi connectivity index (χ2n) is 6.56. The molecule has 2 N–H and O–H groups in total. The van der Waals surface area contributed by atoms with E-state index < -0.39 is 6.72 Å². The highest BCUT2D eigenvalue weighted by molar-refractivity contribution is 8.06. The summed E-state index contributed by atoms with van der Waals surface area (Å²) in [4.78, 5) is 24.9. The molecule has 0 radical (unpaired) electrons. The Bertz CT molecular complexity index is 903. The molecule has 7 nitrogen and oxygen atoms in total. The number of methoxy groups -OCH3 is 1. The van der Waals surface area contributed by atoms with Crippen molar-refractivity contribution in [3.63, 3.8) is 0 Å². The third kappa shape index (κ3) is 4.95. The molecular weight excluding hydrogens is 385 g/mol. The van der Waals surface area contributed by atoms with E-state index in [0.29, 0.717) is 11.5 Å². The SMILES string of the molecule is COc1ccc2c(N3CCC(CCOP(O)(O)=S)CC3)c(C#N)cnc2c1. The molecule has 144 valence electrons. The Hall–Kier alpha value is -1.75. The van der Waals surface area contributed by atoms with Crippen LogP contribution >= 0.6 is 6.72 Å². The van der Waals surface area contributed by atoms with Crippen LogP contribution in [-0.2, 0) is 16.3 Å². The number of rotatable bonds is 6. The van der Waals surface area contributed by atoms with Crippen LogP contribution in [0, 0.1) is 17.2 Å². The van der Waals surface area contributed by atoms with Gasteiger partial charge in [0.05, 0.1) is 30.5 Å². The number of hydrogen-bond acceptors (Lipinski definition) is 6. The molecule has 1 aliphatic rings. The van der Waals surface area contributed by atoms with Gasteiger partial charge >= 0.3 is 6.72 Å². The second-order valence-corrected chi connectivity index (χ2v) is 9.22. The van der Waals surface area contributed by atoms with Gasteiger partial charge < -0.3 is 23.9 Å². The third-order valence-corrected chi connectivity index (χ3v) is 5.72. The first kappa shape index (κ1) is 20.0. The summed E-state index contributed by atoms with van der Waals surface area (Å²) < 4.78 is 10.2. The molecule has 1 aromatic carbocycles. The van der Waals surface area contributed by atoms with E-state index in [4.69, 9.17) is 19.0 Å². The highest BCUT2D eigenvalue weighted by atomic mass is 32.5. The zero-order chi connectivity index (χ0) is 19.4. The van der Waals surface area contributed by atoms with Crippen molar-refractivity contribution in [2.45, 2.75) is 19.3 Å².